The number of aromatic hydroxyl groups is 1. The lowest BCUT2D eigenvalue weighted by atomic mass is 10.0. The molecule has 0 fully saturated rings. The molecule has 3 rings (SSSR count). The Labute approximate surface area is 117 Å². The molecular weight excluding hydrogens is 278 g/mol. The highest BCUT2D eigenvalue weighted by Gasteiger charge is 2.32. The first-order valence-electron chi connectivity index (χ1n) is 6.35. The first-order valence-corrected chi connectivity index (χ1v) is 7.79. The van der Waals surface area contributed by atoms with E-state index in [1.54, 1.807) is 13.0 Å². The van der Waals surface area contributed by atoms with Gasteiger partial charge in [-0.1, -0.05) is 12.1 Å². The number of H-pyrrole nitrogens is 1. The predicted molar refractivity (Wildman–Crippen MR) is 74.3 cm³/mol. The molecule has 0 amide bonds. The fourth-order valence-corrected chi connectivity index (χ4v) is 4.23. The third-order valence-corrected chi connectivity index (χ3v) is 5.42. The number of nitrogens with one attached hydrogen (secondary N) is 1. The zero-order valence-corrected chi connectivity index (χ0v) is 11.8. The van der Waals surface area contributed by atoms with E-state index in [4.69, 9.17) is 0 Å². The van der Waals surface area contributed by atoms with Crippen molar-refractivity contribution in [2.45, 2.75) is 24.7 Å². The molecule has 2 N–H and O–H groups in total. The van der Waals surface area contributed by atoms with Crippen molar-refractivity contribution >= 4 is 15.7 Å². The van der Waals surface area contributed by atoms with Gasteiger partial charge < -0.3 is 5.11 Å². The van der Waals surface area contributed by atoms with Gasteiger partial charge in [0.2, 0.25) is 0 Å². The van der Waals surface area contributed by atoms with Gasteiger partial charge in [-0.3, -0.25) is 9.40 Å². The van der Waals surface area contributed by atoms with Gasteiger partial charge in [0.15, 0.2) is 0 Å². The standard InChI is InChI=1S/C13H15N3O3S/c1-9-12(8-14-15-9)20(18,19)16-7-3-5-10-4-2-6-11(17)13(10)16/h2,4,6,8,17H,3,5,7H2,1H3,(H,14,15). The van der Waals surface area contributed by atoms with Gasteiger partial charge in [-0.05, 0) is 31.4 Å². The largest absolute Gasteiger partial charge is 0.506 e. The summed E-state index contributed by atoms with van der Waals surface area (Å²) in [7, 11) is -3.71. The number of sulfonamides is 1. The van der Waals surface area contributed by atoms with Crippen LogP contribution in [0.2, 0.25) is 0 Å². The van der Waals surface area contributed by atoms with Crippen molar-refractivity contribution in [1.29, 1.82) is 0 Å². The number of hydrogen-bond acceptors (Lipinski definition) is 4. The molecule has 1 aromatic carbocycles. The van der Waals surface area contributed by atoms with E-state index in [-0.39, 0.29) is 10.6 Å². The lowest BCUT2D eigenvalue weighted by Crippen LogP contribution is -2.35. The molecule has 0 saturated carbocycles. The van der Waals surface area contributed by atoms with Crippen LogP contribution in [0.25, 0.3) is 0 Å². The van der Waals surface area contributed by atoms with Crippen molar-refractivity contribution in [2.75, 3.05) is 10.8 Å². The monoisotopic (exact) mass is 293 g/mol. The number of anilines is 1. The molecule has 0 saturated heterocycles. The van der Waals surface area contributed by atoms with Crippen molar-refractivity contribution in [3.05, 3.63) is 35.7 Å². The highest BCUT2D eigenvalue weighted by molar-refractivity contribution is 7.92. The maximum absolute atomic E-state index is 12.7. The Bertz CT molecular complexity index is 752. The molecule has 2 aromatic rings. The number of phenols is 1. The molecular formula is C13H15N3O3S. The molecule has 0 bridgehead atoms. The Morgan fingerprint density at radius 1 is 1.40 bits per heavy atom. The summed E-state index contributed by atoms with van der Waals surface area (Å²) in [5, 5.41) is 16.4. The van der Waals surface area contributed by atoms with Crippen LogP contribution in [0.4, 0.5) is 5.69 Å². The van der Waals surface area contributed by atoms with Gasteiger partial charge in [0.1, 0.15) is 10.6 Å². The smallest absolute Gasteiger partial charge is 0.267 e. The number of hydrogen-bond donors (Lipinski definition) is 2. The maximum Gasteiger partial charge on any atom is 0.267 e. The number of fused-ring (bicyclic) bond motifs is 1. The fourth-order valence-electron chi connectivity index (χ4n) is 2.55. The molecule has 106 valence electrons. The average Bonchev–Trinajstić information content (AvgIpc) is 2.85. The van der Waals surface area contributed by atoms with E-state index in [2.05, 4.69) is 10.2 Å². The Morgan fingerprint density at radius 3 is 2.90 bits per heavy atom. The number of rotatable bonds is 2. The molecule has 0 aliphatic carbocycles. The fraction of sp³-hybridized carbons (Fsp3) is 0.308. The summed E-state index contributed by atoms with van der Waals surface area (Å²) in [5.41, 5.74) is 1.73. The molecule has 1 aromatic heterocycles. The molecule has 1 aliphatic heterocycles. The SMILES string of the molecule is Cc1[nH]ncc1S(=O)(=O)N1CCCc2cccc(O)c21. The Balaban J connectivity index is 2.16. The summed E-state index contributed by atoms with van der Waals surface area (Å²) < 4.78 is 26.8. The molecule has 0 unspecified atom stereocenters. The van der Waals surface area contributed by atoms with E-state index < -0.39 is 10.0 Å². The van der Waals surface area contributed by atoms with E-state index >= 15 is 0 Å². The third-order valence-electron chi connectivity index (χ3n) is 3.51. The van der Waals surface area contributed by atoms with Gasteiger partial charge in [0.25, 0.3) is 10.0 Å². The van der Waals surface area contributed by atoms with E-state index in [1.807, 2.05) is 6.07 Å². The van der Waals surface area contributed by atoms with Crippen LogP contribution in [0.1, 0.15) is 17.7 Å². The third kappa shape index (κ3) is 1.85. The van der Waals surface area contributed by atoms with Gasteiger partial charge in [0, 0.05) is 6.54 Å². The minimum atomic E-state index is -3.71. The number of aromatic nitrogens is 2. The lowest BCUT2D eigenvalue weighted by Gasteiger charge is -2.30. The first kappa shape index (κ1) is 13.0. The van der Waals surface area contributed by atoms with Gasteiger partial charge in [0.05, 0.1) is 17.6 Å². The van der Waals surface area contributed by atoms with Crippen LogP contribution in [0.15, 0.2) is 29.3 Å². The maximum atomic E-state index is 12.7. The normalized spacial score (nSPS) is 15.2. The second kappa shape index (κ2) is 4.52. The van der Waals surface area contributed by atoms with Crippen LogP contribution in [0, 0.1) is 6.92 Å². The van der Waals surface area contributed by atoms with Gasteiger partial charge >= 0.3 is 0 Å². The Hall–Kier alpha value is -2.02. The highest BCUT2D eigenvalue weighted by atomic mass is 32.2. The minimum Gasteiger partial charge on any atom is -0.506 e. The van der Waals surface area contributed by atoms with Gasteiger partial charge in [-0.15, -0.1) is 0 Å². The van der Waals surface area contributed by atoms with E-state index in [9.17, 15) is 13.5 Å². The molecule has 1 aliphatic rings. The summed E-state index contributed by atoms with van der Waals surface area (Å²) in [6.45, 7) is 2.02. The molecule has 0 radical (unpaired) electrons. The topological polar surface area (TPSA) is 86.3 Å². The number of para-hydroxylation sites is 1. The van der Waals surface area contributed by atoms with E-state index in [0.29, 0.717) is 17.9 Å². The van der Waals surface area contributed by atoms with Gasteiger partial charge in [-0.25, -0.2) is 8.42 Å². The zero-order valence-electron chi connectivity index (χ0n) is 11.0. The molecule has 6 nitrogen and oxygen atoms in total. The van der Waals surface area contributed by atoms with Crippen molar-refractivity contribution in [3.63, 3.8) is 0 Å². The number of aromatic amines is 1. The lowest BCUT2D eigenvalue weighted by molar-refractivity contribution is 0.472. The average molecular weight is 293 g/mol. The summed E-state index contributed by atoms with van der Waals surface area (Å²) in [4.78, 5) is 0.147. The van der Waals surface area contributed by atoms with Crippen molar-refractivity contribution in [1.82, 2.24) is 10.2 Å². The van der Waals surface area contributed by atoms with Crippen molar-refractivity contribution in [2.24, 2.45) is 0 Å². The van der Waals surface area contributed by atoms with Crippen molar-refractivity contribution < 1.29 is 13.5 Å². The van der Waals surface area contributed by atoms with Crippen LogP contribution in [0.5, 0.6) is 5.75 Å². The predicted octanol–water partition coefficient (Wildman–Crippen LogP) is 1.57. The van der Waals surface area contributed by atoms with Crippen LogP contribution in [-0.4, -0.2) is 30.3 Å². The molecule has 0 spiro atoms. The van der Waals surface area contributed by atoms with Crippen LogP contribution in [-0.2, 0) is 16.4 Å². The van der Waals surface area contributed by atoms with E-state index in [1.165, 1.54) is 16.6 Å². The molecule has 0 atom stereocenters. The molecule has 2 heterocycles. The first-order chi connectivity index (χ1) is 9.51. The number of nitrogens with zero attached hydrogens (tertiary/aromatic N) is 2. The second-order valence-corrected chi connectivity index (χ2v) is 6.66. The Kier molecular flexibility index (Phi) is 2.93. The van der Waals surface area contributed by atoms with E-state index in [0.717, 1.165) is 18.4 Å². The van der Waals surface area contributed by atoms with Crippen LogP contribution >= 0.6 is 0 Å². The van der Waals surface area contributed by atoms with Gasteiger partial charge in [-0.2, -0.15) is 5.10 Å². The summed E-state index contributed by atoms with van der Waals surface area (Å²) >= 11 is 0. The van der Waals surface area contributed by atoms with Crippen molar-refractivity contribution in [3.8, 4) is 5.75 Å². The second-order valence-electron chi connectivity index (χ2n) is 4.82. The summed E-state index contributed by atoms with van der Waals surface area (Å²) in [5.74, 6) is -0.00748. The number of phenolic OH excluding ortho intramolecular Hbond substituents is 1. The zero-order chi connectivity index (χ0) is 14.3. The number of benzene rings is 1. The molecule has 20 heavy (non-hydrogen) atoms. The number of aryl methyl sites for hydroxylation is 2. The minimum absolute atomic E-state index is 0.00748. The van der Waals surface area contributed by atoms with Crippen LogP contribution < -0.4 is 4.31 Å². The quantitative estimate of drug-likeness (QED) is 0.880. The summed E-state index contributed by atoms with van der Waals surface area (Å²) in [6.07, 6.45) is 2.80. The summed E-state index contributed by atoms with van der Waals surface area (Å²) in [6, 6.07) is 5.08. The highest BCUT2D eigenvalue weighted by Crippen LogP contribution is 2.38. The molecule has 7 heteroatoms. The Morgan fingerprint density at radius 2 is 2.20 bits per heavy atom. The van der Waals surface area contributed by atoms with Crippen LogP contribution in [0.3, 0.4) is 0 Å².